The molecular formula is C12H17N3O2. The summed E-state index contributed by atoms with van der Waals surface area (Å²) in [5, 5.41) is 2.79. The highest BCUT2D eigenvalue weighted by Gasteiger charge is 2.28. The van der Waals surface area contributed by atoms with E-state index in [4.69, 9.17) is 5.73 Å². The fourth-order valence-corrected chi connectivity index (χ4v) is 1.73. The third kappa shape index (κ3) is 2.94. The van der Waals surface area contributed by atoms with E-state index >= 15 is 0 Å². The number of rotatable bonds is 4. The number of pyridine rings is 1. The van der Waals surface area contributed by atoms with E-state index in [1.54, 1.807) is 7.05 Å². The molecule has 17 heavy (non-hydrogen) atoms. The van der Waals surface area contributed by atoms with Crippen LogP contribution in [0.5, 0.6) is 0 Å². The smallest absolute Gasteiger partial charge is 0.252 e. The molecule has 1 heterocycles. The van der Waals surface area contributed by atoms with Crippen molar-refractivity contribution >= 4 is 5.91 Å². The van der Waals surface area contributed by atoms with Crippen LogP contribution in [0.2, 0.25) is 0 Å². The van der Waals surface area contributed by atoms with E-state index in [1.807, 2.05) is 0 Å². The molecule has 0 bridgehead atoms. The molecule has 5 nitrogen and oxygen atoms in total. The van der Waals surface area contributed by atoms with Crippen molar-refractivity contribution in [2.24, 2.45) is 18.7 Å². The van der Waals surface area contributed by atoms with Gasteiger partial charge in [-0.3, -0.25) is 9.59 Å². The molecule has 1 aliphatic carbocycles. The van der Waals surface area contributed by atoms with Crippen molar-refractivity contribution in [3.8, 4) is 0 Å². The van der Waals surface area contributed by atoms with Gasteiger partial charge in [0.25, 0.3) is 5.91 Å². The van der Waals surface area contributed by atoms with Gasteiger partial charge in [-0.25, -0.2) is 0 Å². The molecule has 2 rings (SSSR count). The number of nitrogens with zero attached hydrogens (tertiary/aromatic N) is 1. The van der Waals surface area contributed by atoms with E-state index in [0.717, 1.165) is 12.8 Å². The lowest BCUT2D eigenvalue weighted by Crippen LogP contribution is -2.38. The van der Waals surface area contributed by atoms with Crippen molar-refractivity contribution in [3.63, 3.8) is 0 Å². The predicted octanol–water partition coefficient (Wildman–Crippen LogP) is -0.148. The highest BCUT2D eigenvalue weighted by atomic mass is 16.2. The maximum atomic E-state index is 11.8. The van der Waals surface area contributed by atoms with E-state index in [-0.39, 0.29) is 17.5 Å². The van der Waals surface area contributed by atoms with E-state index in [2.05, 4.69) is 5.32 Å². The average Bonchev–Trinajstić information content (AvgIpc) is 3.13. The Kier molecular flexibility index (Phi) is 3.28. The van der Waals surface area contributed by atoms with Crippen LogP contribution < -0.4 is 16.6 Å². The molecule has 0 saturated heterocycles. The summed E-state index contributed by atoms with van der Waals surface area (Å²) in [6.07, 6.45) is 3.86. The van der Waals surface area contributed by atoms with Gasteiger partial charge in [0, 0.05) is 31.9 Å². The fraction of sp³-hybridized carbons (Fsp3) is 0.500. The van der Waals surface area contributed by atoms with Crippen molar-refractivity contribution in [2.75, 3.05) is 6.54 Å². The molecule has 0 aromatic carbocycles. The lowest BCUT2D eigenvalue weighted by atomic mass is 10.2. The van der Waals surface area contributed by atoms with Gasteiger partial charge in [-0.05, 0) is 24.8 Å². The summed E-state index contributed by atoms with van der Waals surface area (Å²) in [6.45, 7) is 0.492. The van der Waals surface area contributed by atoms with Crippen LogP contribution in [-0.2, 0) is 7.05 Å². The summed E-state index contributed by atoms with van der Waals surface area (Å²) in [6, 6.07) is 2.96. The zero-order chi connectivity index (χ0) is 12.4. The molecule has 1 aromatic rings. The first-order valence-corrected chi connectivity index (χ1v) is 5.78. The Morgan fingerprint density at radius 1 is 1.59 bits per heavy atom. The molecule has 1 amide bonds. The van der Waals surface area contributed by atoms with Crippen LogP contribution in [0.1, 0.15) is 23.2 Å². The maximum absolute atomic E-state index is 11.8. The van der Waals surface area contributed by atoms with Crippen molar-refractivity contribution in [1.29, 1.82) is 0 Å². The van der Waals surface area contributed by atoms with Crippen LogP contribution in [0.15, 0.2) is 23.1 Å². The number of amides is 1. The first-order chi connectivity index (χ1) is 8.08. The number of nitrogens with one attached hydrogen (secondary N) is 1. The number of carbonyl (C=O) groups excluding carboxylic acids is 1. The Bertz CT molecular complexity index is 477. The van der Waals surface area contributed by atoms with Gasteiger partial charge in [0.15, 0.2) is 0 Å². The normalized spacial score (nSPS) is 16.6. The zero-order valence-electron chi connectivity index (χ0n) is 9.85. The second kappa shape index (κ2) is 4.71. The summed E-state index contributed by atoms with van der Waals surface area (Å²) in [5.74, 6) is 0.382. The molecule has 0 radical (unpaired) electrons. The zero-order valence-corrected chi connectivity index (χ0v) is 9.85. The van der Waals surface area contributed by atoms with Gasteiger partial charge in [-0.15, -0.1) is 0 Å². The van der Waals surface area contributed by atoms with Gasteiger partial charge in [0.2, 0.25) is 5.56 Å². The first-order valence-electron chi connectivity index (χ1n) is 5.78. The first kappa shape index (κ1) is 11.9. The van der Waals surface area contributed by atoms with Crippen LogP contribution in [0, 0.1) is 5.92 Å². The molecule has 1 fully saturated rings. The molecular weight excluding hydrogens is 218 g/mol. The van der Waals surface area contributed by atoms with Crippen LogP contribution in [0.25, 0.3) is 0 Å². The summed E-state index contributed by atoms with van der Waals surface area (Å²) in [7, 11) is 1.62. The third-order valence-corrected chi connectivity index (χ3v) is 3.07. The topological polar surface area (TPSA) is 77.1 Å². The molecule has 1 aliphatic rings. The minimum Gasteiger partial charge on any atom is -0.350 e. The van der Waals surface area contributed by atoms with Crippen molar-refractivity contribution in [2.45, 2.75) is 18.9 Å². The van der Waals surface area contributed by atoms with E-state index in [9.17, 15) is 9.59 Å². The Labute approximate surface area is 99.6 Å². The molecule has 1 aromatic heterocycles. The van der Waals surface area contributed by atoms with Crippen LogP contribution in [0.4, 0.5) is 0 Å². The van der Waals surface area contributed by atoms with E-state index in [0.29, 0.717) is 18.0 Å². The highest BCUT2D eigenvalue weighted by Crippen LogP contribution is 2.31. The number of aryl methyl sites for hydroxylation is 1. The predicted molar refractivity (Wildman–Crippen MR) is 64.7 cm³/mol. The van der Waals surface area contributed by atoms with Crippen LogP contribution in [-0.4, -0.2) is 23.1 Å². The van der Waals surface area contributed by atoms with Crippen LogP contribution >= 0.6 is 0 Å². The fourth-order valence-electron chi connectivity index (χ4n) is 1.73. The van der Waals surface area contributed by atoms with Crippen molar-refractivity contribution in [3.05, 3.63) is 34.2 Å². The quantitative estimate of drug-likeness (QED) is 0.762. The third-order valence-electron chi connectivity index (χ3n) is 3.07. The molecule has 92 valence electrons. The second-order valence-corrected chi connectivity index (χ2v) is 4.58. The standard InChI is InChI=1S/C12H17N3O2/c1-15-7-9(4-5-11(15)16)12(17)14-6-10(13)8-2-3-8/h4-5,7-8,10H,2-3,6,13H2,1H3,(H,14,17). The monoisotopic (exact) mass is 235 g/mol. The number of hydrogen-bond donors (Lipinski definition) is 2. The summed E-state index contributed by atoms with van der Waals surface area (Å²) in [5.41, 5.74) is 6.24. The lowest BCUT2D eigenvalue weighted by Gasteiger charge is -2.11. The highest BCUT2D eigenvalue weighted by molar-refractivity contribution is 5.93. The minimum atomic E-state index is -0.184. The molecule has 1 saturated carbocycles. The van der Waals surface area contributed by atoms with Crippen LogP contribution in [0.3, 0.4) is 0 Å². The van der Waals surface area contributed by atoms with Gasteiger partial charge in [-0.2, -0.15) is 0 Å². The average molecular weight is 235 g/mol. The SMILES string of the molecule is Cn1cc(C(=O)NCC(N)C2CC2)ccc1=O. The number of nitrogens with two attached hydrogens (primary N) is 1. The lowest BCUT2D eigenvalue weighted by molar-refractivity contribution is 0.0949. The Hall–Kier alpha value is -1.62. The summed E-state index contributed by atoms with van der Waals surface area (Å²) >= 11 is 0. The number of hydrogen-bond acceptors (Lipinski definition) is 3. The molecule has 3 N–H and O–H groups in total. The number of carbonyl (C=O) groups is 1. The Balaban J connectivity index is 1.94. The Morgan fingerprint density at radius 3 is 2.88 bits per heavy atom. The van der Waals surface area contributed by atoms with E-state index in [1.165, 1.54) is 22.9 Å². The molecule has 1 unspecified atom stereocenters. The summed E-state index contributed by atoms with van der Waals surface area (Å²) < 4.78 is 1.38. The van der Waals surface area contributed by atoms with Crippen molar-refractivity contribution in [1.82, 2.24) is 9.88 Å². The van der Waals surface area contributed by atoms with Gasteiger partial charge in [-0.1, -0.05) is 0 Å². The molecule has 0 aliphatic heterocycles. The van der Waals surface area contributed by atoms with Gasteiger partial charge >= 0.3 is 0 Å². The van der Waals surface area contributed by atoms with Crippen molar-refractivity contribution < 1.29 is 4.79 Å². The largest absolute Gasteiger partial charge is 0.350 e. The minimum absolute atomic E-state index is 0.0477. The number of aromatic nitrogens is 1. The van der Waals surface area contributed by atoms with Gasteiger partial charge in [0.05, 0.1) is 5.56 Å². The molecule has 5 heteroatoms. The molecule has 1 atom stereocenters. The van der Waals surface area contributed by atoms with Gasteiger partial charge < -0.3 is 15.6 Å². The maximum Gasteiger partial charge on any atom is 0.252 e. The van der Waals surface area contributed by atoms with Gasteiger partial charge in [0.1, 0.15) is 0 Å². The molecule has 0 spiro atoms. The summed E-state index contributed by atoms with van der Waals surface area (Å²) in [4.78, 5) is 22.9. The van der Waals surface area contributed by atoms with E-state index < -0.39 is 0 Å². The Morgan fingerprint density at radius 2 is 2.29 bits per heavy atom. The second-order valence-electron chi connectivity index (χ2n) is 4.58.